The van der Waals surface area contributed by atoms with Crippen molar-refractivity contribution in [3.8, 4) is 0 Å². The molecule has 2 aromatic rings. The Labute approximate surface area is 151 Å². The van der Waals surface area contributed by atoms with Crippen LogP contribution in [-0.4, -0.2) is 28.0 Å². The standard InChI is InChI=1S/C17H22N4O3.ClH/c1-8-12(13-15(22)19-7-20-17(13)24-8)16(23)21-14-9-3-2-4-10(14)6-11(18)5-9;/h7,9-11,14H,2-6,18H2,1H3,(H,21,23)(H,19,20,22);1H. The fraction of sp³-hybridized carbons (Fsp3) is 0.588. The second-order valence-corrected chi connectivity index (χ2v) is 7.13. The molecule has 2 bridgehead atoms. The molecule has 2 fully saturated rings. The molecule has 2 saturated carbocycles. The lowest BCUT2D eigenvalue weighted by Crippen LogP contribution is -2.53. The predicted molar refractivity (Wildman–Crippen MR) is 95.9 cm³/mol. The molecule has 0 aromatic carbocycles. The number of nitrogens with zero attached hydrogens (tertiary/aromatic N) is 1. The first-order chi connectivity index (χ1) is 11.5. The van der Waals surface area contributed by atoms with Crippen molar-refractivity contribution in [2.45, 2.75) is 51.1 Å². The van der Waals surface area contributed by atoms with E-state index in [2.05, 4.69) is 15.3 Å². The molecule has 7 nitrogen and oxygen atoms in total. The third-order valence-electron chi connectivity index (χ3n) is 5.57. The highest BCUT2D eigenvalue weighted by molar-refractivity contribution is 6.06. The number of aryl methyl sites for hydroxylation is 1. The van der Waals surface area contributed by atoms with E-state index in [0.29, 0.717) is 23.2 Å². The predicted octanol–water partition coefficient (Wildman–Crippen LogP) is 1.88. The van der Waals surface area contributed by atoms with Crippen LogP contribution >= 0.6 is 12.4 Å². The van der Waals surface area contributed by atoms with Gasteiger partial charge in [-0.05, 0) is 44.4 Å². The molecule has 0 saturated heterocycles. The van der Waals surface area contributed by atoms with E-state index in [4.69, 9.17) is 10.2 Å². The number of nitrogens with two attached hydrogens (primary N) is 1. The minimum absolute atomic E-state index is 0. The summed E-state index contributed by atoms with van der Waals surface area (Å²) in [6.07, 6.45) is 6.59. The van der Waals surface area contributed by atoms with Crippen molar-refractivity contribution in [2.75, 3.05) is 0 Å². The van der Waals surface area contributed by atoms with Gasteiger partial charge in [0.2, 0.25) is 5.71 Å². The number of H-pyrrole nitrogens is 1. The van der Waals surface area contributed by atoms with E-state index in [-0.39, 0.29) is 47.1 Å². The van der Waals surface area contributed by atoms with Gasteiger partial charge in [-0.1, -0.05) is 6.42 Å². The van der Waals surface area contributed by atoms with E-state index in [1.807, 2.05) is 0 Å². The third kappa shape index (κ3) is 3.06. The first-order valence-corrected chi connectivity index (χ1v) is 8.58. The zero-order valence-electron chi connectivity index (χ0n) is 14.1. The molecule has 0 aliphatic heterocycles. The Morgan fingerprint density at radius 2 is 2.04 bits per heavy atom. The van der Waals surface area contributed by atoms with Crippen LogP contribution < -0.4 is 16.6 Å². The van der Waals surface area contributed by atoms with Gasteiger partial charge in [-0.15, -0.1) is 12.4 Å². The number of amides is 1. The normalized spacial score (nSPS) is 28.4. The maximum atomic E-state index is 12.9. The number of fused-ring (bicyclic) bond motifs is 3. The molecular formula is C17H23ClN4O3. The molecule has 2 heterocycles. The van der Waals surface area contributed by atoms with Crippen molar-refractivity contribution < 1.29 is 9.21 Å². The zero-order chi connectivity index (χ0) is 16.8. The summed E-state index contributed by atoms with van der Waals surface area (Å²) >= 11 is 0. The number of hydrogen-bond donors (Lipinski definition) is 3. The van der Waals surface area contributed by atoms with Gasteiger partial charge in [-0.2, -0.15) is 0 Å². The lowest BCUT2D eigenvalue weighted by atomic mass is 9.67. The van der Waals surface area contributed by atoms with Crippen LogP contribution in [0.1, 0.15) is 48.2 Å². The van der Waals surface area contributed by atoms with Crippen molar-refractivity contribution in [3.05, 3.63) is 28.0 Å². The van der Waals surface area contributed by atoms with Crippen LogP contribution in [0.25, 0.3) is 11.1 Å². The van der Waals surface area contributed by atoms with E-state index >= 15 is 0 Å². The smallest absolute Gasteiger partial charge is 0.262 e. The molecule has 8 heteroatoms. The maximum Gasteiger partial charge on any atom is 0.262 e. The van der Waals surface area contributed by atoms with Crippen molar-refractivity contribution in [1.82, 2.24) is 15.3 Å². The van der Waals surface area contributed by atoms with Gasteiger partial charge in [-0.25, -0.2) is 4.98 Å². The van der Waals surface area contributed by atoms with Gasteiger partial charge in [0.15, 0.2) is 0 Å². The summed E-state index contributed by atoms with van der Waals surface area (Å²) in [7, 11) is 0. The summed E-state index contributed by atoms with van der Waals surface area (Å²) in [5.74, 6) is 1.02. The fourth-order valence-corrected chi connectivity index (χ4v) is 4.58. The van der Waals surface area contributed by atoms with Crippen molar-refractivity contribution in [2.24, 2.45) is 17.6 Å². The molecule has 2 atom stereocenters. The highest BCUT2D eigenvalue weighted by Crippen LogP contribution is 2.40. The molecule has 25 heavy (non-hydrogen) atoms. The number of aromatic nitrogens is 2. The van der Waals surface area contributed by atoms with Gasteiger partial charge < -0.3 is 20.5 Å². The number of halogens is 1. The number of hydrogen-bond acceptors (Lipinski definition) is 5. The first kappa shape index (κ1) is 17.9. The lowest BCUT2D eigenvalue weighted by molar-refractivity contribution is 0.0756. The first-order valence-electron chi connectivity index (χ1n) is 8.58. The van der Waals surface area contributed by atoms with Gasteiger partial charge >= 0.3 is 0 Å². The number of carbonyl (C=O) groups is 1. The van der Waals surface area contributed by atoms with Gasteiger partial charge in [0, 0.05) is 12.1 Å². The van der Waals surface area contributed by atoms with E-state index in [1.165, 1.54) is 12.7 Å². The molecule has 136 valence electrons. The van der Waals surface area contributed by atoms with Crippen molar-refractivity contribution in [1.29, 1.82) is 0 Å². The zero-order valence-corrected chi connectivity index (χ0v) is 14.9. The summed E-state index contributed by atoms with van der Waals surface area (Å²) in [5, 5.41) is 3.40. The number of aromatic amines is 1. The summed E-state index contributed by atoms with van der Waals surface area (Å²) < 4.78 is 5.49. The Kier molecular flexibility index (Phi) is 4.88. The SMILES string of the molecule is Cc1oc2nc[nH]c(=O)c2c1C(=O)NC1C2CCCC1CC(N)C2.Cl. The molecule has 0 radical (unpaired) electrons. The van der Waals surface area contributed by atoms with Gasteiger partial charge in [0.1, 0.15) is 11.1 Å². The van der Waals surface area contributed by atoms with Crippen LogP contribution in [0, 0.1) is 18.8 Å². The molecule has 2 aliphatic rings. The average molecular weight is 367 g/mol. The quantitative estimate of drug-likeness (QED) is 0.750. The van der Waals surface area contributed by atoms with Crippen LogP contribution in [0.2, 0.25) is 0 Å². The van der Waals surface area contributed by atoms with Crippen LogP contribution in [0.4, 0.5) is 0 Å². The second kappa shape index (κ2) is 6.80. The molecule has 2 unspecified atom stereocenters. The van der Waals surface area contributed by atoms with Crippen LogP contribution in [-0.2, 0) is 0 Å². The Morgan fingerprint density at radius 1 is 1.36 bits per heavy atom. The number of carbonyl (C=O) groups excluding carboxylic acids is 1. The Bertz CT molecular complexity index is 832. The monoisotopic (exact) mass is 366 g/mol. The largest absolute Gasteiger partial charge is 0.442 e. The lowest BCUT2D eigenvalue weighted by Gasteiger charge is -2.45. The van der Waals surface area contributed by atoms with Crippen LogP contribution in [0.5, 0.6) is 0 Å². The van der Waals surface area contributed by atoms with Crippen molar-refractivity contribution in [3.63, 3.8) is 0 Å². The molecule has 1 amide bonds. The summed E-state index contributed by atoms with van der Waals surface area (Å²) in [4.78, 5) is 31.5. The Balaban J connectivity index is 0.00000182. The second-order valence-electron chi connectivity index (χ2n) is 7.13. The average Bonchev–Trinajstić information content (AvgIpc) is 2.85. The molecular weight excluding hydrogens is 344 g/mol. The van der Waals surface area contributed by atoms with Gasteiger partial charge in [-0.3, -0.25) is 9.59 Å². The fourth-order valence-electron chi connectivity index (χ4n) is 4.58. The van der Waals surface area contributed by atoms with Crippen LogP contribution in [0.3, 0.4) is 0 Å². The summed E-state index contributed by atoms with van der Waals surface area (Å²) in [5.41, 5.74) is 6.30. The Hall–Kier alpha value is -1.86. The van der Waals surface area contributed by atoms with Gasteiger partial charge in [0.25, 0.3) is 11.5 Å². The summed E-state index contributed by atoms with van der Waals surface area (Å²) in [6, 6.07) is 0.364. The van der Waals surface area contributed by atoms with Gasteiger partial charge in [0.05, 0.1) is 11.9 Å². The van der Waals surface area contributed by atoms with E-state index in [0.717, 1.165) is 25.7 Å². The molecule has 2 aliphatic carbocycles. The molecule has 4 rings (SSSR count). The number of furan rings is 1. The summed E-state index contributed by atoms with van der Waals surface area (Å²) in [6.45, 7) is 1.69. The highest BCUT2D eigenvalue weighted by atomic mass is 35.5. The maximum absolute atomic E-state index is 12.9. The molecule has 0 spiro atoms. The van der Waals surface area contributed by atoms with Crippen molar-refractivity contribution >= 4 is 29.4 Å². The van der Waals surface area contributed by atoms with E-state index in [1.54, 1.807) is 6.92 Å². The molecule has 4 N–H and O–H groups in total. The number of nitrogens with one attached hydrogen (secondary N) is 2. The number of rotatable bonds is 2. The third-order valence-corrected chi connectivity index (χ3v) is 5.57. The molecule has 2 aromatic heterocycles. The highest BCUT2D eigenvalue weighted by Gasteiger charge is 2.40. The topological polar surface area (TPSA) is 114 Å². The van der Waals surface area contributed by atoms with Crippen LogP contribution in [0.15, 0.2) is 15.5 Å². The minimum Gasteiger partial charge on any atom is -0.442 e. The van der Waals surface area contributed by atoms with E-state index in [9.17, 15) is 9.59 Å². The van der Waals surface area contributed by atoms with E-state index < -0.39 is 0 Å². The Morgan fingerprint density at radius 3 is 2.72 bits per heavy atom. The minimum atomic E-state index is -0.354.